The second kappa shape index (κ2) is 6.07. The number of aromatic amines is 1. The lowest BCUT2D eigenvalue weighted by atomic mass is 10.3. The molecular weight excluding hydrogens is 358 g/mol. The second-order valence-electron chi connectivity index (χ2n) is 6.22. The molecule has 3 aromatic heterocycles. The zero-order chi connectivity index (χ0) is 18.4. The van der Waals surface area contributed by atoms with Gasteiger partial charge in [0, 0.05) is 5.39 Å². The molecule has 27 heavy (non-hydrogen) atoms. The third kappa shape index (κ3) is 2.69. The Morgan fingerprint density at radius 1 is 1.11 bits per heavy atom. The van der Waals surface area contributed by atoms with Crippen molar-refractivity contribution in [3.05, 3.63) is 71.2 Å². The largest absolute Gasteiger partial charge is 0.324 e. The molecule has 0 bridgehead atoms. The molecule has 0 fully saturated rings. The van der Waals surface area contributed by atoms with Gasteiger partial charge in [0.1, 0.15) is 4.83 Å². The number of fused-ring (bicyclic) bond motifs is 2. The normalized spacial score (nSPS) is 11.3. The Hall–Kier alpha value is -3.45. The van der Waals surface area contributed by atoms with Crippen LogP contribution in [0.15, 0.2) is 60.7 Å². The van der Waals surface area contributed by atoms with Crippen LogP contribution in [-0.4, -0.2) is 25.7 Å². The van der Waals surface area contributed by atoms with Gasteiger partial charge in [0.05, 0.1) is 27.3 Å². The molecule has 132 valence electrons. The van der Waals surface area contributed by atoms with E-state index in [4.69, 9.17) is 0 Å². The van der Waals surface area contributed by atoms with E-state index in [1.807, 2.05) is 72.3 Å². The van der Waals surface area contributed by atoms with Gasteiger partial charge < -0.3 is 4.98 Å². The minimum absolute atomic E-state index is 0.186. The van der Waals surface area contributed by atoms with Crippen LogP contribution in [0.3, 0.4) is 0 Å². The lowest BCUT2D eigenvalue weighted by Crippen LogP contribution is -2.11. The summed E-state index contributed by atoms with van der Waals surface area (Å²) >= 11 is 1.42. The Morgan fingerprint density at radius 3 is 2.70 bits per heavy atom. The van der Waals surface area contributed by atoms with E-state index in [0.29, 0.717) is 10.8 Å². The summed E-state index contributed by atoms with van der Waals surface area (Å²) in [6, 6.07) is 19.5. The van der Waals surface area contributed by atoms with Crippen LogP contribution in [-0.2, 0) is 0 Å². The molecule has 5 rings (SSSR count). The summed E-state index contributed by atoms with van der Waals surface area (Å²) in [4.78, 5) is 21.8. The minimum atomic E-state index is -0.186. The van der Waals surface area contributed by atoms with Crippen LogP contribution in [0, 0.1) is 6.92 Å². The van der Waals surface area contributed by atoms with Gasteiger partial charge in [-0.2, -0.15) is 5.10 Å². The molecule has 0 aliphatic rings. The number of H-pyrrole nitrogens is 1. The molecule has 1 amide bonds. The van der Waals surface area contributed by atoms with E-state index in [0.717, 1.165) is 32.6 Å². The van der Waals surface area contributed by atoms with Gasteiger partial charge in [-0.3, -0.25) is 10.1 Å². The predicted octanol–water partition coefficient (Wildman–Crippen LogP) is 4.52. The van der Waals surface area contributed by atoms with Gasteiger partial charge in [-0.15, -0.1) is 11.3 Å². The molecule has 0 aliphatic heterocycles. The van der Waals surface area contributed by atoms with E-state index >= 15 is 0 Å². The maximum atomic E-state index is 12.7. The fraction of sp³-hybridized carbons (Fsp3) is 0.0500. The van der Waals surface area contributed by atoms with E-state index in [1.54, 1.807) is 0 Å². The number of aromatic nitrogens is 4. The number of aryl methyl sites for hydroxylation is 1. The highest BCUT2D eigenvalue weighted by atomic mass is 32.1. The number of nitrogens with one attached hydrogen (secondary N) is 2. The predicted molar refractivity (Wildman–Crippen MR) is 108 cm³/mol. The number of rotatable bonds is 3. The number of hydrogen-bond donors (Lipinski definition) is 2. The fourth-order valence-corrected chi connectivity index (χ4v) is 4.16. The summed E-state index contributed by atoms with van der Waals surface area (Å²) in [7, 11) is 0. The molecular formula is C20H15N5OS. The third-order valence-corrected chi connectivity index (χ3v) is 5.50. The molecule has 2 N–H and O–H groups in total. The Kier molecular flexibility index (Phi) is 3.54. The van der Waals surface area contributed by atoms with Crippen LogP contribution in [0.1, 0.15) is 15.4 Å². The molecule has 5 aromatic rings. The first-order chi connectivity index (χ1) is 13.2. The summed E-state index contributed by atoms with van der Waals surface area (Å²) in [5.74, 6) is 0.259. The molecule has 0 saturated heterocycles. The van der Waals surface area contributed by atoms with Crippen molar-refractivity contribution in [1.82, 2.24) is 19.7 Å². The smallest absolute Gasteiger partial charge is 0.268 e. The van der Waals surface area contributed by atoms with Crippen molar-refractivity contribution < 1.29 is 4.79 Å². The van der Waals surface area contributed by atoms with E-state index in [-0.39, 0.29) is 5.91 Å². The average molecular weight is 373 g/mol. The van der Waals surface area contributed by atoms with Crippen LogP contribution < -0.4 is 5.32 Å². The van der Waals surface area contributed by atoms with Crippen molar-refractivity contribution in [2.75, 3.05) is 5.32 Å². The number of hydrogen-bond acceptors (Lipinski definition) is 4. The summed E-state index contributed by atoms with van der Waals surface area (Å²) in [6.07, 6.45) is 0. The highest BCUT2D eigenvalue weighted by Crippen LogP contribution is 2.30. The molecule has 2 aromatic carbocycles. The van der Waals surface area contributed by atoms with Gasteiger partial charge in [-0.05, 0) is 37.3 Å². The number of imidazole rings is 1. The van der Waals surface area contributed by atoms with Gasteiger partial charge in [0.2, 0.25) is 5.95 Å². The number of thiophene rings is 1. The van der Waals surface area contributed by atoms with Crippen molar-refractivity contribution in [3.63, 3.8) is 0 Å². The Balaban J connectivity index is 1.50. The van der Waals surface area contributed by atoms with Gasteiger partial charge in [0.15, 0.2) is 0 Å². The van der Waals surface area contributed by atoms with Crippen LogP contribution >= 0.6 is 11.3 Å². The van der Waals surface area contributed by atoms with Crippen LogP contribution in [0.4, 0.5) is 5.95 Å². The number of carbonyl (C=O) groups is 1. The Labute approximate surface area is 158 Å². The van der Waals surface area contributed by atoms with Crippen molar-refractivity contribution >= 4 is 44.4 Å². The zero-order valence-corrected chi connectivity index (χ0v) is 15.2. The summed E-state index contributed by atoms with van der Waals surface area (Å²) in [5.41, 5.74) is 3.58. The first-order valence-electron chi connectivity index (χ1n) is 8.50. The van der Waals surface area contributed by atoms with Crippen molar-refractivity contribution in [1.29, 1.82) is 0 Å². The first kappa shape index (κ1) is 15.8. The van der Waals surface area contributed by atoms with Crippen molar-refractivity contribution in [3.8, 4) is 5.69 Å². The fourth-order valence-electron chi connectivity index (χ4n) is 3.08. The molecule has 0 spiro atoms. The van der Waals surface area contributed by atoms with E-state index in [9.17, 15) is 4.79 Å². The van der Waals surface area contributed by atoms with Gasteiger partial charge in [-0.1, -0.05) is 30.3 Å². The lowest BCUT2D eigenvalue weighted by molar-refractivity contribution is 0.103. The summed E-state index contributed by atoms with van der Waals surface area (Å²) < 4.78 is 1.88. The Morgan fingerprint density at radius 2 is 1.89 bits per heavy atom. The van der Waals surface area contributed by atoms with Crippen LogP contribution in [0.2, 0.25) is 0 Å². The molecule has 0 radical (unpaired) electrons. The average Bonchev–Trinajstić information content (AvgIpc) is 3.36. The number of anilines is 1. The second-order valence-corrected chi connectivity index (χ2v) is 7.25. The molecule has 7 heteroatoms. The van der Waals surface area contributed by atoms with E-state index in [2.05, 4.69) is 20.4 Å². The number of amides is 1. The lowest BCUT2D eigenvalue weighted by Gasteiger charge is -2.01. The summed E-state index contributed by atoms with van der Waals surface area (Å²) in [6.45, 7) is 1.95. The molecule has 0 unspecified atom stereocenters. The first-order valence-corrected chi connectivity index (χ1v) is 9.31. The van der Waals surface area contributed by atoms with Crippen LogP contribution in [0.25, 0.3) is 26.9 Å². The van der Waals surface area contributed by atoms with Crippen molar-refractivity contribution in [2.24, 2.45) is 0 Å². The standard InChI is InChI=1S/C20H15N5OS/c1-12-14-11-17(27-19(14)25(24-12)13-7-3-2-4-8-13)18(26)23-20-21-15-9-5-6-10-16(15)22-20/h2-11H,1H3,(H2,21,22,23,26). The third-order valence-electron chi connectivity index (χ3n) is 4.39. The molecule has 6 nitrogen and oxygen atoms in total. The maximum Gasteiger partial charge on any atom is 0.268 e. The maximum absolute atomic E-state index is 12.7. The number of benzene rings is 2. The van der Waals surface area contributed by atoms with E-state index < -0.39 is 0 Å². The number of para-hydroxylation sites is 3. The van der Waals surface area contributed by atoms with Gasteiger partial charge >= 0.3 is 0 Å². The minimum Gasteiger partial charge on any atom is -0.324 e. The zero-order valence-electron chi connectivity index (χ0n) is 14.4. The molecule has 0 atom stereocenters. The number of carbonyl (C=O) groups excluding carboxylic acids is 1. The highest BCUT2D eigenvalue weighted by Gasteiger charge is 2.18. The topological polar surface area (TPSA) is 75.6 Å². The van der Waals surface area contributed by atoms with Gasteiger partial charge in [-0.25, -0.2) is 9.67 Å². The Bertz CT molecular complexity index is 1250. The van der Waals surface area contributed by atoms with Gasteiger partial charge in [0.25, 0.3) is 5.91 Å². The molecule has 3 heterocycles. The number of nitrogens with zero attached hydrogens (tertiary/aromatic N) is 3. The van der Waals surface area contributed by atoms with E-state index in [1.165, 1.54) is 11.3 Å². The highest BCUT2D eigenvalue weighted by molar-refractivity contribution is 7.20. The van der Waals surface area contributed by atoms with Crippen molar-refractivity contribution in [2.45, 2.75) is 6.92 Å². The molecule has 0 saturated carbocycles. The molecule has 0 aliphatic carbocycles. The SMILES string of the molecule is Cc1nn(-c2ccccc2)c2sc(C(=O)Nc3nc4ccccc4[nH]3)cc12. The summed E-state index contributed by atoms with van der Waals surface area (Å²) in [5, 5.41) is 8.45. The van der Waals surface area contributed by atoms with Crippen LogP contribution in [0.5, 0.6) is 0 Å². The monoisotopic (exact) mass is 373 g/mol. The quantitative estimate of drug-likeness (QED) is 0.488.